The first-order valence-corrected chi connectivity index (χ1v) is 8.37. The predicted octanol–water partition coefficient (Wildman–Crippen LogP) is 5.19. The minimum Gasteiger partial charge on any atom is -0.378 e. The zero-order chi connectivity index (χ0) is 13.8. The van der Waals surface area contributed by atoms with Crippen LogP contribution in [-0.4, -0.2) is 9.55 Å². The molecule has 19 heavy (non-hydrogen) atoms. The van der Waals surface area contributed by atoms with Crippen LogP contribution in [0.3, 0.4) is 0 Å². The minimum absolute atomic E-state index is 0.749. The second-order valence-corrected chi connectivity index (χ2v) is 6.80. The highest BCUT2D eigenvalue weighted by molar-refractivity contribution is 9.11. The lowest BCUT2D eigenvalue weighted by molar-refractivity contribution is 0.651. The Kier molecular flexibility index (Phi) is 5.47. The number of benzene rings is 1. The van der Waals surface area contributed by atoms with Crippen molar-refractivity contribution in [2.45, 2.75) is 26.4 Å². The standard InChI is InChI=1S/C13H14Br3N3/c1-2-3-19-8-17-6-10(19)7-18-13-11(15)4-9(14)5-12(13)16/h4-6,8,18H,2-3,7H2,1H3. The summed E-state index contributed by atoms with van der Waals surface area (Å²) in [6.45, 7) is 3.91. The maximum absolute atomic E-state index is 4.20. The molecule has 0 radical (unpaired) electrons. The number of imidazole rings is 1. The van der Waals surface area contributed by atoms with Gasteiger partial charge in [-0.3, -0.25) is 0 Å². The maximum Gasteiger partial charge on any atom is 0.0948 e. The van der Waals surface area contributed by atoms with Crippen LogP contribution in [0.25, 0.3) is 0 Å². The largest absolute Gasteiger partial charge is 0.378 e. The first-order valence-electron chi connectivity index (χ1n) is 5.99. The van der Waals surface area contributed by atoms with Crippen LogP contribution in [0.5, 0.6) is 0 Å². The van der Waals surface area contributed by atoms with Crippen molar-refractivity contribution < 1.29 is 0 Å². The van der Waals surface area contributed by atoms with Crippen molar-refractivity contribution in [3.8, 4) is 0 Å². The fourth-order valence-electron chi connectivity index (χ4n) is 1.83. The molecule has 0 amide bonds. The lowest BCUT2D eigenvalue weighted by atomic mass is 10.3. The van der Waals surface area contributed by atoms with Gasteiger partial charge in [0.25, 0.3) is 0 Å². The predicted molar refractivity (Wildman–Crippen MR) is 89.4 cm³/mol. The van der Waals surface area contributed by atoms with Gasteiger partial charge in [-0.15, -0.1) is 0 Å². The monoisotopic (exact) mass is 449 g/mol. The Hall–Kier alpha value is -0.330. The number of aromatic nitrogens is 2. The number of rotatable bonds is 5. The van der Waals surface area contributed by atoms with Crippen LogP contribution in [0.1, 0.15) is 19.0 Å². The van der Waals surface area contributed by atoms with Gasteiger partial charge in [-0.1, -0.05) is 22.9 Å². The van der Waals surface area contributed by atoms with Crippen LogP contribution in [0.4, 0.5) is 5.69 Å². The number of hydrogen-bond acceptors (Lipinski definition) is 2. The molecular weight excluding hydrogens is 438 g/mol. The topological polar surface area (TPSA) is 29.9 Å². The summed E-state index contributed by atoms with van der Waals surface area (Å²) in [5.74, 6) is 0. The number of hydrogen-bond donors (Lipinski definition) is 1. The van der Waals surface area contributed by atoms with Gasteiger partial charge >= 0.3 is 0 Å². The van der Waals surface area contributed by atoms with Crippen molar-refractivity contribution >= 4 is 53.5 Å². The molecule has 0 aliphatic heterocycles. The number of anilines is 1. The highest BCUT2D eigenvalue weighted by atomic mass is 79.9. The maximum atomic E-state index is 4.20. The Morgan fingerprint density at radius 1 is 1.21 bits per heavy atom. The van der Waals surface area contributed by atoms with E-state index in [2.05, 4.69) is 69.6 Å². The molecule has 0 spiro atoms. The van der Waals surface area contributed by atoms with Crippen molar-refractivity contribution in [2.24, 2.45) is 0 Å². The summed E-state index contributed by atoms with van der Waals surface area (Å²) >= 11 is 10.6. The van der Waals surface area contributed by atoms with Crippen LogP contribution in [0, 0.1) is 0 Å². The van der Waals surface area contributed by atoms with Crippen LogP contribution in [0.2, 0.25) is 0 Å². The second-order valence-electron chi connectivity index (χ2n) is 4.18. The molecule has 1 N–H and O–H groups in total. The molecule has 0 fully saturated rings. The third kappa shape index (κ3) is 3.83. The molecule has 102 valence electrons. The molecule has 2 aromatic rings. The number of aryl methyl sites for hydroxylation is 1. The Morgan fingerprint density at radius 3 is 2.53 bits per heavy atom. The van der Waals surface area contributed by atoms with Crippen molar-refractivity contribution in [3.05, 3.63) is 43.8 Å². The molecule has 6 heteroatoms. The van der Waals surface area contributed by atoms with E-state index in [0.29, 0.717) is 0 Å². The van der Waals surface area contributed by atoms with Gasteiger partial charge in [0.15, 0.2) is 0 Å². The Morgan fingerprint density at radius 2 is 1.89 bits per heavy atom. The quantitative estimate of drug-likeness (QED) is 0.677. The second kappa shape index (κ2) is 6.90. The van der Waals surface area contributed by atoms with E-state index in [9.17, 15) is 0 Å². The highest BCUT2D eigenvalue weighted by Gasteiger charge is 2.08. The van der Waals surface area contributed by atoms with E-state index in [1.54, 1.807) is 0 Å². The highest BCUT2D eigenvalue weighted by Crippen LogP contribution is 2.34. The molecule has 1 heterocycles. The number of nitrogens with zero attached hydrogens (tertiary/aromatic N) is 2. The first-order chi connectivity index (χ1) is 9.11. The van der Waals surface area contributed by atoms with Gasteiger partial charge in [-0.05, 0) is 50.4 Å². The van der Waals surface area contributed by atoms with Gasteiger partial charge in [0, 0.05) is 26.2 Å². The van der Waals surface area contributed by atoms with Crippen molar-refractivity contribution in [1.82, 2.24) is 9.55 Å². The third-order valence-corrected chi connectivity index (χ3v) is 4.42. The SMILES string of the molecule is CCCn1cncc1CNc1c(Br)cc(Br)cc1Br. The van der Waals surface area contributed by atoms with Gasteiger partial charge in [0.1, 0.15) is 0 Å². The zero-order valence-electron chi connectivity index (χ0n) is 10.5. The third-order valence-electron chi connectivity index (χ3n) is 2.72. The van der Waals surface area contributed by atoms with E-state index in [1.807, 2.05) is 24.7 Å². The lowest BCUT2D eigenvalue weighted by Crippen LogP contribution is -2.07. The molecule has 3 nitrogen and oxygen atoms in total. The van der Waals surface area contributed by atoms with Gasteiger partial charge in [-0.2, -0.15) is 0 Å². The van der Waals surface area contributed by atoms with Crippen molar-refractivity contribution in [3.63, 3.8) is 0 Å². The molecular formula is C13H14Br3N3. The Balaban J connectivity index is 2.12. The molecule has 1 aromatic heterocycles. The molecule has 0 aliphatic rings. The Labute approximate surface area is 138 Å². The molecule has 0 atom stereocenters. The van der Waals surface area contributed by atoms with E-state index in [0.717, 1.165) is 38.6 Å². The first kappa shape index (κ1) is 15.1. The molecule has 1 aromatic carbocycles. The summed E-state index contributed by atoms with van der Waals surface area (Å²) in [7, 11) is 0. The average Bonchev–Trinajstić information content (AvgIpc) is 2.76. The van der Waals surface area contributed by atoms with E-state index < -0.39 is 0 Å². The van der Waals surface area contributed by atoms with Crippen molar-refractivity contribution in [2.75, 3.05) is 5.32 Å². The molecule has 0 saturated heterocycles. The lowest BCUT2D eigenvalue weighted by Gasteiger charge is -2.12. The Bertz CT molecular complexity index is 543. The summed E-state index contributed by atoms with van der Waals surface area (Å²) in [5, 5.41) is 3.43. The molecule has 0 bridgehead atoms. The van der Waals surface area contributed by atoms with E-state index in [4.69, 9.17) is 0 Å². The summed E-state index contributed by atoms with van der Waals surface area (Å²) in [6.07, 6.45) is 4.89. The van der Waals surface area contributed by atoms with Gasteiger partial charge in [0.05, 0.1) is 24.3 Å². The van der Waals surface area contributed by atoms with Gasteiger partial charge < -0.3 is 9.88 Å². The molecule has 0 unspecified atom stereocenters. The number of halogens is 3. The van der Waals surface area contributed by atoms with Crippen LogP contribution < -0.4 is 5.32 Å². The van der Waals surface area contributed by atoms with Crippen LogP contribution in [0.15, 0.2) is 38.1 Å². The normalized spacial score (nSPS) is 10.7. The summed E-state index contributed by atoms with van der Waals surface area (Å²) in [5.41, 5.74) is 2.23. The fraction of sp³-hybridized carbons (Fsp3) is 0.308. The fourth-order valence-corrected chi connectivity index (χ4v) is 4.37. The van der Waals surface area contributed by atoms with Crippen LogP contribution in [-0.2, 0) is 13.1 Å². The van der Waals surface area contributed by atoms with Gasteiger partial charge in [-0.25, -0.2) is 4.98 Å². The zero-order valence-corrected chi connectivity index (χ0v) is 15.2. The molecule has 0 aliphatic carbocycles. The summed E-state index contributed by atoms with van der Waals surface area (Å²) in [6, 6.07) is 4.05. The van der Waals surface area contributed by atoms with E-state index in [1.165, 1.54) is 5.69 Å². The van der Waals surface area contributed by atoms with Crippen LogP contribution >= 0.6 is 47.8 Å². The van der Waals surface area contributed by atoms with Crippen molar-refractivity contribution in [1.29, 1.82) is 0 Å². The van der Waals surface area contributed by atoms with E-state index in [-0.39, 0.29) is 0 Å². The average molecular weight is 452 g/mol. The summed E-state index contributed by atoms with van der Waals surface area (Å²) in [4.78, 5) is 4.20. The number of nitrogens with one attached hydrogen (secondary N) is 1. The summed E-state index contributed by atoms with van der Waals surface area (Å²) < 4.78 is 5.26. The smallest absolute Gasteiger partial charge is 0.0948 e. The van der Waals surface area contributed by atoms with E-state index >= 15 is 0 Å². The molecule has 0 saturated carbocycles. The minimum atomic E-state index is 0.749. The molecule has 2 rings (SSSR count). The van der Waals surface area contributed by atoms with Gasteiger partial charge in [0.2, 0.25) is 0 Å².